The highest BCUT2D eigenvalue weighted by Gasteiger charge is 2.18. The molecule has 0 aliphatic heterocycles. The van der Waals surface area contributed by atoms with Gasteiger partial charge in [-0.1, -0.05) is 12.1 Å². The summed E-state index contributed by atoms with van der Waals surface area (Å²) in [4.78, 5) is 27.6. The van der Waals surface area contributed by atoms with E-state index in [1.165, 1.54) is 31.5 Å². The summed E-state index contributed by atoms with van der Waals surface area (Å²) >= 11 is 0. The van der Waals surface area contributed by atoms with Gasteiger partial charge < -0.3 is 10.1 Å². The summed E-state index contributed by atoms with van der Waals surface area (Å²) in [5.41, 5.74) is 2.07. The predicted molar refractivity (Wildman–Crippen MR) is 78.9 cm³/mol. The normalized spacial score (nSPS) is 11.5. The van der Waals surface area contributed by atoms with Crippen molar-refractivity contribution in [2.75, 3.05) is 5.32 Å². The van der Waals surface area contributed by atoms with E-state index in [2.05, 4.69) is 10.3 Å². The molecule has 0 saturated carbocycles. The second-order valence-electron chi connectivity index (χ2n) is 4.64. The topological polar surface area (TPSA) is 68.3 Å². The fraction of sp³-hybridized carbons (Fsp3) is 0.188. The largest absolute Gasteiger partial charge is 0.449 e. The molecule has 5 nitrogen and oxygen atoms in total. The molecule has 1 aromatic carbocycles. The lowest BCUT2D eigenvalue weighted by Gasteiger charge is -2.13. The van der Waals surface area contributed by atoms with Crippen molar-refractivity contribution in [3.8, 4) is 0 Å². The maximum atomic E-state index is 12.0. The van der Waals surface area contributed by atoms with Crippen LogP contribution in [0.5, 0.6) is 0 Å². The lowest BCUT2D eigenvalue weighted by Crippen LogP contribution is -2.30. The smallest absolute Gasteiger partial charge is 0.339 e. The first kappa shape index (κ1) is 14.7. The van der Waals surface area contributed by atoms with Gasteiger partial charge >= 0.3 is 5.97 Å². The Morgan fingerprint density at radius 2 is 1.90 bits per heavy atom. The van der Waals surface area contributed by atoms with Crippen molar-refractivity contribution in [2.24, 2.45) is 0 Å². The van der Waals surface area contributed by atoms with E-state index in [9.17, 15) is 9.59 Å². The van der Waals surface area contributed by atoms with Gasteiger partial charge in [0.2, 0.25) is 0 Å². The van der Waals surface area contributed by atoms with E-state index in [4.69, 9.17) is 4.74 Å². The van der Waals surface area contributed by atoms with E-state index >= 15 is 0 Å². The molecule has 1 heterocycles. The van der Waals surface area contributed by atoms with Gasteiger partial charge in [0.05, 0.1) is 5.56 Å². The zero-order chi connectivity index (χ0) is 15.2. The van der Waals surface area contributed by atoms with Crippen LogP contribution in [0.15, 0.2) is 48.8 Å². The van der Waals surface area contributed by atoms with E-state index in [1.54, 1.807) is 6.07 Å². The van der Waals surface area contributed by atoms with Gasteiger partial charge in [-0.3, -0.25) is 9.78 Å². The number of esters is 1. The van der Waals surface area contributed by atoms with E-state index in [-0.39, 0.29) is 5.91 Å². The number of carbonyl (C=O) groups is 2. The highest BCUT2D eigenvalue weighted by molar-refractivity contribution is 5.97. The Kier molecular flexibility index (Phi) is 4.66. The van der Waals surface area contributed by atoms with Crippen molar-refractivity contribution >= 4 is 17.6 Å². The third-order valence-electron chi connectivity index (χ3n) is 2.85. The van der Waals surface area contributed by atoms with Gasteiger partial charge in [-0.25, -0.2) is 4.79 Å². The molecule has 5 heteroatoms. The first-order chi connectivity index (χ1) is 10.1. The minimum absolute atomic E-state index is 0.361. The molecule has 21 heavy (non-hydrogen) atoms. The second-order valence-corrected chi connectivity index (χ2v) is 4.64. The lowest BCUT2D eigenvalue weighted by molar-refractivity contribution is -0.123. The number of nitrogens with zero attached hydrogens (tertiary/aromatic N) is 1. The average molecular weight is 284 g/mol. The summed E-state index contributed by atoms with van der Waals surface area (Å²) in [6.07, 6.45) is 2.11. The van der Waals surface area contributed by atoms with E-state index < -0.39 is 12.1 Å². The zero-order valence-electron chi connectivity index (χ0n) is 11.9. The number of nitrogens with one attached hydrogen (secondary N) is 1. The Morgan fingerprint density at radius 1 is 1.19 bits per heavy atom. The first-order valence-electron chi connectivity index (χ1n) is 6.55. The molecule has 108 valence electrons. The Hall–Kier alpha value is -2.69. The molecule has 1 unspecified atom stereocenters. The summed E-state index contributed by atoms with van der Waals surface area (Å²) in [5, 5.41) is 2.71. The molecular formula is C16H16N2O3. The number of carbonyl (C=O) groups excluding carboxylic acids is 2. The Bertz CT molecular complexity index is 641. The fourth-order valence-electron chi connectivity index (χ4n) is 1.74. The van der Waals surface area contributed by atoms with Crippen LogP contribution in [0.1, 0.15) is 22.8 Å². The number of aromatic nitrogens is 1. The molecule has 2 rings (SSSR count). The average Bonchev–Trinajstić information content (AvgIpc) is 2.48. The number of hydrogen-bond acceptors (Lipinski definition) is 4. The quantitative estimate of drug-likeness (QED) is 0.876. The van der Waals surface area contributed by atoms with Crippen LogP contribution in [0, 0.1) is 6.92 Å². The molecule has 0 radical (unpaired) electrons. The van der Waals surface area contributed by atoms with Gasteiger partial charge in [-0.15, -0.1) is 0 Å². The van der Waals surface area contributed by atoms with Crippen molar-refractivity contribution in [1.29, 1.82) is 0 Å². The maximum Gasteiger partial charge on any atom is 0.339 e. The molecule has 0 saturated heterocycles. The molecule has 0 aliphatic carbocycles. The summed E-state index contributed by atoms with van der Waals surface area (Å²) in [6.45, 7) is 3.47. The van der Waals surface area contributed by atoms with Crippen LogP contribution in [-0.2, 0) is 9.53 Å². The van der Waals surface area contributed by atoms with Crippen LogP contribution >= 0.6 is 0 Å². The highest BCUT2D eigenvalue weighted by Crippen LogP contribution is 2.11. The minimum atomic E-state index is -0.883. The van der Waals surface area contributed by atoms with E-state index in [0.717, 1.165) is 5.56 Å². The highest BCUT2D eigenvalue weighted by atomic mass is 16.5. The minimum Gasteiger partial charge on any atom is -0.449 e. The first-order valence-corrected chi connectivity index (χ1v) is 6.55. The van der Waals surface area contributed by atoms with Crippen molar-refractivity contribution < 1.29 is 14.3 Å². The molecule has 2 aromatic rings. The summed E-state index contributed by atoms with van der Waals surface area (Å²) in [6, 6.07) is 10.5. The number of benzene rings is 1. The van der Waals surface area contributed by atoms with Crippen molar-refractivity contribution in [2.45, 2.75) is 20.0 Å². The lowest BCUT2D eigenvalue weighted by atomic mass is 10.2. The van der Waals surface area contributed by atoms with E-state index in [0.29, 0.717) is 11.3 Å². The van der Waals surface area contributed by atoms with Gasteiger partial charge in [-0.05, 0) is 43.7 Å². The number of aryl methyl sites for hydroxylation is 1. The monoisotopic (exact) mass is 284 g/mol. The third kappa shape index (κ3) is 4.14. The number of amides is 1. The molecule has 0 spiro atoms. The Labute approximate surface area is 123 Å². The molecule has 0 aliphatic rings. The number of ether oxygens (including phenoxy) is 1. The fourth-order valence-corrected chi connectivity index (χ4v) is 1.74. The van der Waals surface area contributed by atoms with Crippen LogP contribution in [-0.4, -0.2) is 23.0 Å². The third-order valence-corrected chi connectivity index (χ3v) is 2.85. The number of hydrogen-bond donors (Lipinski definition) is 1. The maximum absolute atomic E-state index is 12.0. The van der Waals surface area contributed by atoms with Gasteiger partial charge in [0, 0.05) is 18.1 Å². The number of rotatable bonds is 4. The molecule has 1 aromatic heterocycles. The Balaban J connectivity index is 1.95. The molecule has 0 bridgehead atoms. The van der Waals surface area contributed by atoms with Crippen molar-refractivity contribution in [3.63, 3.8) is 0 Å². The SMILES string of the molecule is Cc1cccc(NC(=O)C(C)OC(=O)c2ccncc2)c1. The number of pyridine rings is 1. The second kappa shape index (κ2) is 6.65. The van der Waals surface area contributed by atoms with Crippen LogP contribution < -0.4 is 5.32 Å². The van der Waals surface area contributed by atoms with Crippen LogP contribution in [0.4, 0.5) is 5.69 Å². The van der Waals surface area contributed by atoms with Gasteiger partial charge in [-0.2, -0.15) is 0 Å². The molecule has 1 amide bonds. The van der Waals surface area contributed by atoms with Crippen LogP contribution in [0.2, 0.25) is 0 Å². The van der Waals surface area contributed by atoms with Crippen LogP contribution in [0.25, 0.3) is 0 Å². The van der Waals surface area contributed by atoms with Crippen molar-refractivity contribution in [3.05, 3.63) is 59.9 Å². The van der Waals surface area contributed by atoms with Gasteiger partial charge in [0.1, 0.15) is 0 Å². The van der Waals surface area contributed by atoms with Crippen LogP contribution in [0.3, 0.4) is 0 Å². The van der Waals surface area contributed by atoms with E-state index in [1.807, 2.05) is 25.1 Å². The Morgan fingerprint density at radius 3 is 2.57 bits per heavy atom. The van der Waals surface area contributed by atoms with Gasteiger partial charge in [0.15, 0.2) is 6.10 Å². The van der Waals surface area contributed by atoms with Gasteiger partial charge in [0.25, 0.3) is 5.91 Å². The van der Waals surface area contributed by atoms with Crippen molar-refractivity contribution in [1.82, 2.24) is 4.98 Å². The predicted octanol–water partition coefficient (Wildman–Crippen LogP) is 2.57. The zero-order valence-corrected chi connectivity index (χ0v) is 11.9. The molecule has 1 N–H and O–H groups in total. The summed E-state index contributed by atoms with van der Waals surface area (Å²) < 4.78 is 5.12. The molecular weight excluding hydrogens is 268 g/mol. The molecule has 1 atom stereocenters. The summed E-state index contributed by atoms with van der Waals surface area (Å²) in [5.74, 6) is -0.924. The summed E-state index contributed by atoms with van der Waals surface area (Å²) in [7, 11) is 0. The standard InChI is InChI=1S/C16H16N2O3/c1-11-4-3-5-14(10-11)18-15(19)12(2)21-16(20)13-6-8-17-9-7-13/h3-10,12H,1-2H3,(H,18,19). The molecule has 0 fully saturated rings. The number of anilines is 1.